The SMILES string of the molecule is CC12c3ccccc3C(C)(c3ccccc31)[C@H]1C(=O)N(c3ccccc3I)C(=O)[C@H]12. The van der Waals surface area contributed by atoms with Gasteiger partial charge in [0.1, 0.15) is 0 Å². The number of anilines is 1. The highest BCUT2D eigenvalue weighted by Crippen LogP contribution is 2.66. The Morgan fingerprint density at radius 3 is 1.43 bits per heavy atom. The molecule has 3 aromatic carbocycles. The summed E-state index contributed by atoms with van der Waals surface area (Å²) in [6.07, 6.45) is 0. The number of imide groups is 1. The molecule has 1 heterocycles. The number of para-hydroxylation sites is 1. The fourth-order valence-corrected chi connectivity index (χ4v) is 7.07. The van der Waals surface area contributed by atoms with E-state index in [0.29, 0.717) is 5.69 Å². The summed E-state index contributed by atoms with van der Waals surface area (Å²) in [5, 5.41) is 0. The molecule has 4 heteroatoms. The van der Waals surface area contributed by atoms with Crippen LogP contribution in [0.3, 0.4) is 0 Å². The Morgan fingerprint density at radius 2 is 1.03 bits per heavy atom. The number of hydrogen-bond donors (Lipinski definition) is 0. The van der Waals surface area contributed by atoms with Crippen LogP contribution in [-0.4, -0.2) is 11.8 Å². The zero-order chi connectivity index (χ0) is 20.8. The molecular weight excluding hydrogens is 485 g/mol. The third kappa shape index (κ3) is 1.87. The van der Waals surface area contributed by atoms with Crippen LogP contribution in [0.5, 0.6) is 0 Å². The van der Waals surface area contributed by atoms with Gasteiger partial charge in [0, 0.05) is 14.4 Å². The van der Waals surface area contributed by atoms with Crippen molar-refractivity contribution in [3.8, 4) is 0 Å². The van der Waals surface area contributed by atoms with E-state index in [2.05, 4.69) is 60.7 Å². The molecule has 1 aliphatic heterocycles. The van der Waals surface area contributed by atoms with Gasteiger partial charge < -0.3 is 0 Å². The van der Waals surface area contributed by atoms with Crippen molar-refractivity contribution >= 4 is 40.1 Å². The van der Waals surface area contributed by atoms with Gasteiger partial charge in [-0.25, -0.2) is 4.90 Å². The topological polar surface area (TPSA) is 37.4 Å². The molecule has 30 heavy (non-hydrogen) atoms. The number of hydrogen-bond acceptors (Lipinski definition) is 2. The Kier molecular flexibility index (Phi) is 3.55. The van der Waals surface area contributed by atoms with Crippen LogP contribution in [0.4, 0.5) is 5.69 Å². The van der Waals surface area contributed by atoms with Crippen LogP contribution in [0.25, 0.3) is 0 Å². The van der Waals surface area contributed by atoms with Gasteiger partial charge in [-0.1, -0.05) is 74.5 Å². The first-order valence-electron chi connectivity index (χ1n) is 10.2. The Hall–Kier alpha value is -2.47. The average molecular weight is 505 g/mol. The molecule has 3 nitrogen and oxygen atoms in total. The van der Waals surface area contributed by atoms with Crippen LogP contribution >= 0.6 is 22.6 Å². The van der Waals surface area contributed by atoms with E-state index in [0.717, 1.165) is 3.57 Å². The lowest BCUT2D eigenvalue weighted by Gasteiger charge is -2.57. The summed E-state index contributed by atoms with van der Waals surface area (Å²) >= 11 is 2.21. The minimum atomic E-state index is -0.530. The highest BCUT2D eigenvalue weighted by molar-refractivity contribution is 14.1. The molecule has 3 aliphatic carbocycles. The number of nitrogens with zero attached hydrogens (tertiary/aromatic N) is 1. The van der Waals surface area contributed by atoms with Crippen LogP contribution in [0.2, 0.25) is 0 Å². The first-order valence-corrected chi connectivity index (χ1v) is 11.3. The van der Waals surface area contributed by atoms with Crippen LogP contribution in [0, 0.1) is 15.4 Å². The molecule has 2 amide bonds. The number of halogens is 1. The Labute approximate surface area is 189 Å². The van der Waals surface area contributed by atoms with E-state index in [1.165, 1.54) is 27.2 Å². The highest BCUT2D eigenvalue weighted by Gasteiger charge is 2.70. The number of rotatable bonds is 1. The van der Waals surface area contributed by atoms with E-state index in [1.807, 2.05) is 48.5 Å². The molecule has 7 rings (SSSR count). The molecule has 148 valence electrons. The van der Waals surface area contributed by atoms with E-state index in [-0.39, 0.29) is 11.8 Å². The van der Waals surface area contributed by atoms with E-state index in [4.69, 9.17) is 0 Å². The van der Waals surface area contributed by atoms with Gasteiger partial charge in [0.15, 0.2) is 0 Å². The zero-order valence-corrected chi connectivity index (χ0v) is 18.9. The minimum Gasteiger partial charge on any atom is -0.274 e. The fourth-order valence-electron chi connectivity index (χ4n) is 6.44. The predicted octanol–water partition coefficient (Wildman–Crippen LogP) is 5.04. The second kappa shape index (κ2) is 5.82. The average Bonchev–Trinajstić information content (AvgIpc) is 3.04. The number of carbonyl (C=O) groups is 2. The van der Waals surface area contributed by atoms with E-state index >= 15 is 0 Å². The molecule has 2 atom stereocenters. The lowest BCUT2D eigenvalue weighted by atomic mass is 9.42. The summed E-state index contributed by atoms with van der Waals surface area (Å²) < 4.78 is 0.910. The van der Waals surface area contributed by atoms with Crippen LogP contribution < -0.4 is 4.90 Å². The smallest absolute Gasteiger partial charge is 0.239 e. The first-order chi connectivity index (χ1) is 14.4. The molecule has 3 aromatic rings. The van der Waals surface area contributed by atoms with Gasteiger partial charge in [-0.05, 0) is 57.0 Å². The summed E-state index contributed by atoms with van der Waals surface area (Å²) in [6.45, 7) is 4.32. The van der Waals surface area contributed by atoms with Crippen LogP contribution in [0.15, 0.2) is 72.8 Å². The minimum absolute atomic E-state index is 0.0770. The molecule has 0 aromatic heterocycles. The molecule has 0 N–H and O–H groups in total. The maximum Gasteiger partial charge on any atom is 0.239 e. The molecular formula is C26H20INO2. The summed E-state index contributed by atoms with van der Waals surface area (Å²) in [5.41, 5.74) is 4.35. The Balaban J connectivity index is 1.68. The summed E-state index contributed by atoms with van der Waals surface area (Å²) in [7, 11) is 0. The molecule has 0 unspecified atom stereocenters. The van der Waals surface area contributed by atoms with Crippen LogP contribution in [-0.2, 0) is 20.4 Å². The van der Waals surface area contributed by atoms with Crippen molar-refractivity contribution in [2.75, 3.05) is 4.90 Å². The van der Waals surface area contributed by atoms with Crippen LogP contribution in [0.1, 0.15) is 36.1 Å². The van der Waals surface area contributed by atoms with Gasteiger partial charge in [0.05, 0.1) is 17.5 Å². The zero-order valence-electron chi connectivity index (χ0n) is 16.7. The van der Waals surface area contributed by atoms with Gasteiger partial charge >= 0.3 is 0 Å². The largest absolute Gasteiger partial charge is 0.274 e. The van der Waals surface area contributed by atoms with Crippen molar-refractivity contribution in [1.29, 1.82) is 0 Å². The quantitative estimate of drug-likeness (QED) is 0.344. The van der Waals surface area contributed by atoms with Gasteiger partial charge in [-0.15, -0.1) is 0 Å². The highest BCUT2D eigenvalue weighted by atomic mass is 127. The van der Waals surface area contributed by atoms with Gasteiger partial charge in [-0.3, -0.25) is 9.59 Å². The van der Waals surface area contributed by atoms with E-state index in [9.17, 15) is 9.59 Å². The Bertz CT molecular complexity index is 1140. The maximum absolute atomic E-state index is 14.0. The van der Waals surface area contributed by atoms with Crippen molar-refractivity contribution in [3.63, 3.8) is 0 Å². The molecule has 0 spiro atoms. The summed E-state index contributed by atoms with van der Waals surface area (Å²) in [5.74, 6) is -0.967. The standard InChI is InChI=1S/C26H20INO2/c1-25-15-9-3-5-11-17(15)26(2,18-12-6-4-10-16(18)25)22-21(25)23(29)28(24(22)30)20-14-8-7-13-19(20)27/h3-14,21-22H,1-2H3/t21-,22+,25?,26?. The normalized spacial score (nSPS) is 30.8. The third-order valence-corrected chi connectivity index (χ3v) is 8.65. The lowest BCUT2D eigenvalue weighted by Crippen LogP contribution is -2.59. The van der Waals surface area contributed by atoms with Gasteiger partial charge in [0.2, 0.25) is 11.8 Å². The molecule has 0 radical (unpaired) electrons. The number of amides is 2. The number of carbonyl (C=O) groups excluding carboxylic acids is 2. The van der Waals surface area contributed by atoms with E-state index < -0.39 is 22.7 Å². The van der Waals surface area contributed by atoms with Gasteiger partial charge in [-0.2, -0.15) is 0 Å². The van der Waals surface area contributed by atoms with Crippen molar-refractivity contribution in [2.45, 2.75) is 24.7 Å². The maximum atomic E-state index is 14.0. The summed E-state index contributed by atoms with van der Waals surface area (Å²) in [4.78, 5) is 29.4. The molecule has 2 bridgehead atoms. The monoisotopic (exact) mass is 505 g/mol. The van der Waals surface area contributed by atoms with Crippen molar-refractivity contribution in [1.82, 2.24) is 0 Å². The van der Waals surface area contributed by atoms with E-state index in [1.54, 1.807) is 0 Å². The lowest BCUT2D eigenvalue weighted by molar-refractivity contribution is -0.124. The molecule has 0 saturated carbocycles. The molecule has 4 aliphatic rings. The molecule has 1 saturated heterocycles. The Morgan fingerprint density at radius 1 is 0.667 bits per heavy atom. The fraction of sp³-hybridized carbons (Fsp3) is 0.231. The second-order valence-electron chi connectivity index (χ2n) is 8.91. The first kappa shape index (κ1) is 18.3. The van der Waals surface area contributed by atoms with Crippen molar-refractivity contribution in [3.05, 3.63) is 98.6 Å². The second-order valence-corrected chi connectivity index (χ2v) is 10.1. The van der Waals surface area contributed by atoms with Crippen molar-refractivity contribution < 1.29 is 9.59 Å². The predicted molar refractivity (Wildman–Crippen MR) is 124 cm³/mol. The van der Waals surface area contributed by atoms with Gasteiger partial charge in [0.25, 0.3) is 0 Å². The van der Waals surface area contributed by atoms with Crippen molar-refractivity contribution in [2.24, 2.45) is 11.8 Å². The third-order valence-electron chi connectivity index (χ3n) is 7.74. The summed E-state index contributed by atoms with van der Waals surface area (Å²) in [6, 6.07) is 24.4. The number of benzene rings is 3. The molecule has 1 fully saturated rings.